The van der Waals surface area contributed by atoms with E-state index in [4.69, 9.17) is 5.11 Å². The van der Waals surface area contributed by atoms with Crippen LogP contribution in [0, 0.1) is 5.92 Å². The van der Waals surface area contributed by atoms with Crippen LogP contribution in [0.5, 0.6) is 0 Å². The summed E-state index contributed by atoms with van der Waals surface area (Å²) in [7, 11) is 0. The van der Waals surface area contributed by atoms with Crippen molar-refractivity contribution in [1.82, 2.24) is 0 Å². The normalized spacial score (nSPS) is 18.9. The van der Waals surface area contributed by atoms with Crippen molar-refractivity contribution in [2.45, 2.75) is 39.2 Å². The van der Waals surface area contributed by atoms with Crippen LogP contribution >= 0.6 is 0 Å². The maximum absolute atomic E-state index is 10.3. The standard InChI is InChI=1S/C8H16O3/c1-4-6(2)8(3,11)5-7(9)10/h6,11H,4-5H2,1-3H3,(H,9,10). The zero-order valence-corrected chi connectivity index (χ0v) is 7.29. The molecule has 0 bridgehead atoms. The summed E-state index contributed by atoms with van der Waals surface area (Å²) in [6.07, 6.45) is 0.613. The summed E-state index contributed by atoms with van der Waals surface area (Å²) in [6, 6.07) is 0. The second-order valence-corrected chi connectivity index (χ2v) is 3.24. The number of aliphatic hydroxyl groups is 1. The Morgan fingerprint density at radius 2 is 2.09 bits per heavy atom. The Morgan fingerprint density at radius 3 is 2.36 bits per heavy atom. The molecule has 0 aliphatic rings. The van der Waals surface area contributed by atoms with Gasteiger partial charge in [0.05, 0.1) is 12.0 Å². The molecule has 2 unspecified atom stereocenters. The van der Waals surface area contributed by atoms with E-state index in [1.165, 1.54) is 0 Å². The van der Waals surface area contributed by atoms with E-state index >= 15 is 0 Å². The molecule has 2 atom stereocenters. The molecule has 0 aliphatic heterocycles. The minimum atomic E-state index is -1.07. The zero-order chi connectivity index (χ0) is 9.07. The summed E-state index contributed by atoms with van der Waals surface area (Å²) >= 11 is 0. The van der Waals surface area contributed by atoms with Crippen LogP contribution in [0.1, 0.15) is 33.6 Å². The van der Waals surface area contributed by atoms with Crippen LogP contribution in [-0.4, -0.2) is 21.8 Å². The van der Waals surface area contributed by atoms with Gasteiger partial charge in [0, 0.05) is 0 Å². The fourth-order valence-corrected chi connectivity index (χ4v) is 0.920. The molecular formula is C8H16O3. The zero-order valence-electron chi connectivity index (χ0n) is 7.29. The lowest BCUT2D eigenvalue weighted by molar-refractivity contribution is -0.143. The van der Waals surface area contributed by atoms with Gasteiger partial charge < -0.3 is 10.2 Å². The van der Waals surface area contributed by atoms with Crippen molar-refractivity contribution in [1.29, 1.82) is 0 Å². The van der Waals surface area contributed by atoms with Gasteiger partial charge in [0.25, 0.3) is 0 Å². The van der Waals surface area contributed by atoms with Crippen molar-refractivity contribution >= 4 is 5.97 Å². The van der Waals surface area contributed by atoms with Gasteiger partial charge in [-0.3, -0.25) is 4.79 Å². The number of aliphatic carboxylic acids is 1. The van der Waals surface area contributed by atoms with E-state index in [0.29, 0.717) is 0 Å². The number of carboxylic acids is 1. The van der Waals surface area contributed by atoms with Gasteiger partial charge in [0.2, 0.25) is 0 Å². The molecule has 3 heteroatoms. The average molecular weight is 160 g/mol. The summed E-state index contributed by atoms with van der Waals surface area (Å²) in [5, 5.41) is 18.0. The van der Waals surface area contributed by atoms with E-state index < -0.39 is 11.6 Å². The van der Waals surface area contributed by atoms with E-state index in [9.17, 15) is 9.90 Å². The lowest BCUT2D eigenvalue weighted by Gasteiger charge is -2.27. The number of carbonyl (C=O) groups is 1. The first-order valence-corrected chi connectivity index (χ1v) is 3.84. The molecule has 2 N–H and O–H groups in total. The fourth-order valence-electron chi connectivity index (χ4n) is 0.920. The molecule has 0 aliphatic carbocycles. The monoisotopic (exact) mass is 160 g/mol. The fraction of sp³-hybridized carbons (Fsp3) is 0.875. The lowest BCUT2D eigenvalue weighted by atomic mass is 9.86. The smallest absolute Gasteiger partial charge is 0.306 e. The summed E-state index contributed by atoms with van der Waals surface area (Å²) in [5.41, 5.74) is -1.07. The summed E-state index contributed by atoms with van der Waals surface area (Å²) in [6.45, 7) is 5.35. The third-order valence-electron chi connectivity index (χ3n) is 2.18. The molecule has 3 nitrogen and oxygen atoms in total. The van der Waals surface area contributed by atoms with E-state index in [1.54, 1.807) is 6.92 Å². The summed E-state index contributed by atoms with van der Waals surface area (Å²) in [4.78, 5) is 10.3. The van der Waals surface area contributed by atoms with Crippen LogP contribution < -0.4 is 0 Å². The predicted molar refractivity (Wildman–Crippen MR) is 42.3 cm³/mol. The summed E-state index contributed by atoms with van der Waals surface area (Å²) < 4.78 is 0. The Labute approximate surface area is 67.0 Å². The van der Waals surface area contributed by atoms with Crippen molar-refractivity contribution in [3.8, 4) is 0 Å². The molecule has 0 saturated carbocycles. The third kappa shape index (κ3) is 3.37. The lowest BCUT2D eigenvalue weighted by Crippen LogP contribution is -2.34. The van der Waals surface area contributed by atoms with E-state index in [-0.39, 0.29) is 12.3 Å². The van der Waals surface area contributed by atoms with E-state index in [1.807, 2.05) is 13.8 Å². The molecule has 0 saturated heterocycles. The van der Waals surface area contributed by atoms with Gasteiger partial charge in [-0.25, -0.2) is 0 Å². The molecule has 0 heterocycles. The van der Waals surface area contributed by atoms with Crippen LogP contribution in [0.2, 0.25) is 0 Å². The largest absolute Gasteiger partial charge is 0.481 e. The SMILES string of the molecule is CCC(C)C(C)(O)CC(=O)O. The Kier molecular flexibility index (Phi) is 3.52. The molecule has 0 fully saturated rings. The van der Waals surface area contributed by atoms with Crippen LogP contribution in [0.25, 0.3) is 0 Å². The van der Waals surface area contributed by atoms with Crippen molar-refractivity contribution in [3.05, 3.63) is 0 Å². The summed E-state index contributed by atoms with van der Waals surface area (Å²) in [5.74, 6) is -0.922. The van der Waals surface area contributed by atoms with Crippen LogP contribution in [0.3, 0.4) is 0 Å². The van der Waals surface area contributed by atoms with Gasteiger partial charge in [-0.05, 0) is 12.8 Å². The maximum Gasteiger partial charge on any atom is 0.306 e. The first-order valence-electron chi connectivity index (χ1n) is 3.84. The first kappa shape index (κ1) is 10.4. The molecule has 11 heavy (non-hydrogen) atoms. The van der Waals surface area contributed by atoms with Gasteiger partial charge in [-0.15, -0.1) is 0 Å². The van der Waals surface area contributed by atoms with Crippen molar-refractivity contribution in [2.24, 2.45) is 5.92 Å². The molecule has 0 spiro atoms. The molecule has 0 aromatic carbocycles. The second-order valence-electron chi connectivity index (χ2n) is 3.24. The van der Waals surface area contributed by atoms with Crippen LogP contribution in [0.15, 0.2) is 0 Å². The molecule has 0 aromatic rings. The Morgan fingerprint density at radius 1 is 1.64 bits per heavy atom. The third-order valence-corrected chi connectivity index (χ3v) is 2.18. The Bertz CT molecular complexity index is 140. The van der Waals surface area contributed by atoms with E-state index in [0.717, 1.165) is 6.42 Å². The first-order chi connectivity index (χ1) is 4.90. The minimum Gasteiger partial charge on any atom is -0.481 e. The number of carboxylic acid groups (broad SMARTS) is 1. The highest BCUT2D eigenvalue weighted by molar-refractivity contribution is 5.68. The molecule has 0 aromatic heterocycles. The molecule has 0 radical (unpaired) electrons. The quantitative estimate of drug-likeness (QED) is 0.651. The van der Waals surface area contributed by atoms with Gasteiger partial charge in [0.1, 0.15) is 0 Å². The molecule has 0 rings (SSSR count). The molecular weight excluding hydrogens is 144 g/mol. The van der Waals surface area contributed by atoms with E-state index in [2.05, 4.69) is 0 Å². The van der Waals surface area contributed by atoms with Crippen LogP contribution in [0.4, 0.5) is 0 Å². The number of rotatable bonds is 4. The highest BCUT2D eigenvalue weighted by Gasteiger charge is 2.29. The Balaban J connectivity index is 4.08. The second kappa shape index (κ2) is 3.72. The maximum atomic E-state index is 10.3. The topological polar surface area (TPSA) is 57.5 Å². The number of hydrogen-bond donors (Lipinski definition) is 2. The highest BCUT2D eigenvalue weighted by atomic mass is 16.4. The predicted octanol–water partition coefficient (Wildman–Crippen LogP) is 1.26. The molecule has 0 amide bonds. The molecule has 66 valence electrons. The van der Waals surface area contributed by atoms with Crippen molar-refractivity contribution < 1.29 is 15.0 Å². The van der Waals surface area contributed by atoms with Gasteiger partial charge >= 0.3 is 5.97 Å². The van der Waals surface area contributed by atoms with Gasteiger partial charge in [0.15, 0.2) is 0 Å². The van der Waals surface area contributed by atoms with Crippen molar-refractivity contribution in [3.63, 3.8) is 0 Å². The minimum absolute atomic E-state index is 0.0265. The average Bonchev–Trinajstić information content (AvgIpc) is 1.83. The Hall–Kier alpha value is -0.570. The van der Waals surface area contributed by atoms with Crippen molar-refractivity contribution in [2.75, 3.05) is 0 Å². The number of hydrogen-bond acceptors (Lipinski definition) is 2. The highest BCUT2D eigenvalue weighted by Crippen LogP contribution is 2.23. The van der Waals surface area contributed by atoms with Gasteiger partial charge in [-0.1, -0.05) is 20.3 Å². The van der Waals surface area contributed by atoms with Gasteiger partial charge in [-0.2, -0.15) is 0 Å². The van der Waals surface area contributed by atoms with Crippen LogP contribution in [-0.2, 0) is 4.79 Å².